The molecule has 0 saturated carbocycles. The fourth-order valence-electron chi connectivity index (χ4n) is 2.34. The molecule has 2 rings (SSSR count). The summed E-state index contributed by atoms with van der Waals surface area (Å²) in [6.07, 6.45) is 0. The van der Waals surface area contributed by atoms with Crippen molar-refractivity contribution in [2.45, 2.75) is 29.7 Å². The summed E-state index contributed by atoms with van der Waals surface area (Å²) < 4.78 is 53.3. The van der Waals surface area contributed by atoms with E-state index in [4.69, 9.17) is 11.6 Å². The molecule has 0 aliphatic heterocycles. The van der Waals surface area contributed by atoms with Gasteiger partial charge in [0.2, 0.25) is 20.0 Å². The molecule has 0 radical (unpaired) electrons. The molecule has 0 spiro atoms. The number of nitrogens with one attached hydrogen (secondary N) is 3. The van der Waals surface area contributed by atoms with E-state index in [1.165, 1.54) is 42.5 Å². The largest absolute Gasteiger partial charge is 0.351 e. The predicted molar refractivity (Wildman–Crippen MR) is 111 cm³/mol. The Hall–Kier alpha value is -1.98. The van der Waals surface area contributed by atoms with E-state index < -0.39 is 26.0 Å². The van der Waals surface area contributed by atoms with Gasteiger partial charge in [-0.3, -0.25) is 4.79 Å². The lowest BCUT2D eigenvalue weighted by Gasteiger charge is -2.10. The quantitative estimate of drug-likeness (QED) is 0.493. The minimum Gasteiger partial charge on any atom is -0.351 e. The number of benzene rings is 2. The van der Waals surface area contributed by atoms with E-state index in [-0.39, 0.29) is 34.5 Å². The van der Waals surface area contributed by atoms with Crippen LogP contribution >= 0.6 is 11.6 Å². The normalized spacial score (nSPS) is 12.1. The summed E-state index contributed by atoms with van der Waals surface area (Å²) >= 11 is 5.79. The lowest BCUT2D eigenvalue weighted by molar-refractivity contribution is 0.0954. The fraction of sp³-hybridized carbons (Fsp3) is 0.278. The molecule has 8 nitrogen and oxygen atoms in total. The minimum atomic E-state index is -3.74. The maximum atomic E-state index is 12.2. The standard InChI is InChI=1S/C18H22ClN3O5S2/c1-13(2)22-29(26,27)16-8-6-14(7-9-16)18(23)20-10-11-21-28(24,25)17-5-3-4-15(19)12-17/h3-9,12-13,21-22H,10-11H2,1-2H3,(H,20,23). The molecule has 0 bridgehead atoms. The van der Waals surface area contributed by atoms with E-state index >= 15 is 0 Å². The Bertz CT molecular complexity index is 1070. The van der Waals surface area contributed by atoms with Gasteiger partial charge in [0.15, 0.2) is 0 Å². The van der Waals surface area contributed by atoms with Gasteiger partial charge < -0.3 is 5.32 Å². The van der Waals surface area contributed by atoms with Crippen molar-refractivity contribution in [1.82, 2.24) is 14.8 Å². The first kappa shape index (κ1) is 23.3. The number of carbonyl (C=O) groups excluding carboxylic acids is 1. The van der Waals surface area contributed by atoms with E-state index in [1.807, 2.05) is 0 Å². The van der Waals surface area contributed by atoms with Crippen LogP contribution in [-0.4, -0.2) is 41.9 Å². The molecular formula is C18H22ClN3O5S2. The molecule has 0 saturated heterocycles. The van der Waals surface area contributed by atoms with Crippen molar-refractivity contribution in [3.05, 3.63) is 59.1 Å². The maximum Gasteiger partial charge on any atom is 0.251 e. The molecule has 0 unspecified atom stereocenters. The number of hydrogen-bond donors (Lipinski definition) is 3. The number of hydrogen-bond acceptors (Lipinski definition) is 5. The van der Waals surface area contributed by atoms with Gasteiger partial charge in [-0.15, -0.1) is 0 Å². The second-order valence-electron chi connectivity index (χ2n) is 6.41. The summed E-state index contributed by atoms with van der Waals surface area (Å²) in [5.74, 6) is -0.451. The molecule has 158 valence electrons. The van der Waals surface area contributed by atoms with E-state index in [0.717, 1.165) is 0 Å². The molecule has 2 aromatic rings. The third-order valence-electron chi connectivity index (χ3n) is 3.63. The van der Waals surface area contributed by atoms with Gasteiger partial charge >= 0.3 is 0 Å². The first-order valence-corrected chi connectivity index (χ1v) is 12.0. The number of amides is 1. The van der Waals surface area contributed by atoms with E-state index in [9.17, 15) is 21.6 Å². The third kappa shape index (κ3) is 6.79. The zero-order chi connectivity index (χ0) is 21.7. The van der Waals surface area contributed by atoms with Crippen molar-refractivity contribution in [2.75, 3.05) is 13.1 Å². The molecule has 2 aromatic carbocycles. The minimum absolute atomic E-state index is 0.0225. The van der Waals surface area contributed by atoms with Crippen LogP contribution in [0, 0.1) is 0 Å². The topological polar surface area (TPSA) is 121 Å². The van der Waals surface area contributed by atoms with Crippen LogP contribution in [0.15, 0.2) is 58.3 Å². The van der Waals surface area contributed by atoms with Crippen LogP contribution in [0.25, 0.3) is 0 Å². The van der Waals surface area contributed by atoms with Crippen molar-refractivity contribution in [3.8, 4) is 0 Å². The molecule has 11 heteroatoms. The summed E-state index contributed by atoms with van der Waals surface area (Å²) in [6, 6.07) is 11.0. The van der Waals surface area contributed by atoms with Crippen molar-refractivity contribution in [1.29, 1.82) is 0 Å². The Kier molecular flexibility index (Phi) is 7.78. The smallest absolute Gasteiger partial charge is 0.251 e. The number of rotatable bonds is 9. The van der Waals surface area contributed by atoms with Crippen molar-refractivity contribution >= 4 is 37.6 Å². The third-order valence-corrected chi connectivity index (χ3v) is 6.99. The highest BCUT2D eigenvalue weighted by molar-refractivity contribution is 7.89. The van der Waals surface area contributed by atoms with Crippen LogP contribution in [0.5, 0.6) is 0 Å². The van der Waals surface area contributed by atoms with Crippen LogP contribution in [0.1, 0.15) is 24.2 Å². The van der Waals surface area contributed by atoms with Gasteiger partial charge in [0, 0.05) is 29.7 Å². The van der Waals surface area contributed by atoms with E-state index in [0.29, 0.717) is 5.02 Å². The summed E-state index contributed by atoms with van der Waals surface area (Å²) in [5, 5.41) is 2.87. The van der Waals surface area contributed by atoms with Gasteiger partial charge in [0.25, 0.3) is 5.91 Å². The lowest BCUT2D eigenvalue weighted by Crippen LogP contribution is -2.34. The van der Waals surface area contributed by atoms with Crippen LogP contribution in [0.4, 0.5) is 0 Å². The van der Waals surface area contributed by atoms with Crippen LogP contribution in [0.2, 0.25) is 5.02 Å². The Morgan fingerprint density at radius 3 is 2.17 bits per heavy atom. The highest BCUT2D eigenvalue weighted by atomic mass is 35.5. The number of halogens is 1. The van der Waals surface area contributed by atoms with Gasteiger partial charge in [-0.05, 0) is 56.3 Å². The lowest BCUT2D eigenvalue weighted by atomic mass is 10.2. The second kappa shape index (κ2) is 9.68. The predicted octanol–water partition coefficient (Wildman–Crippen LogP) is 1.74. The Balaban J connectivity index is 1.90. The molecule has 3 N–H and O–H groups in total. The Morgan fingerprint density at radius 1 is 0.931 bits per heavy atom. The Labute approximate surface area is 175 Å². The van der Waals surface area contributed by atoms with Gasteiger partial charge in [-0.25, -0.2) is 26.3 Å². The van der Waals surface area contributed by atoms with E-state index in [2.05, 4.69) is 14.8 Å². The molecule has 0 atom stereocenters. The Morgan fingerprint density at radius 2 is 1.59 bits per heavy atom. The van der Waals surface area contributed by atoms with E-state index in [1.54, 1.807) is 19.9 Å². The maximum absolute atomic E-state index is 12.2. The number of carbonyl (C=O) groups is 1. The molecule has 0 aromatic heterocycles. The molecule has 29 heavy (non-hydrogen) atoms. The summed E-state index contributed by atoms with van der Waals surface area (Å²) in [7, 11) is -7.37. The van der Waals surface area contributed by atoms with Crippen LogP contribution in [0.3, 0.4) is 0 Å². The van der Waals surface area contributed by atoms with Crippen molar-refractivity contribution < 1.29 is 21.6 Å². The molecule has 0 aliphatic rings. The fourth-order valence-corrected chi connectivity index (χ4v) is 4.93. The summed E-state index contributed by atoms with van der Waals surface area (Å²) in [6.45, 7) is 3.44. The van der Waals surface area contributed by atoms with Crippen LogP contribution < -0.4 is 14.8 Å². The second-order valence-corrected chi connectivity index (χ2v) is 10.3. The average molecular weight is 460 g/mol. The molecule has 0 fully saturated rings. The zero-order valence-corrected chi connectivity index (χ0v) is 18.2. The van der Waals surface area contributed by atoms with Crippen molar-refractivity contribution in [2.24, 2.45) is 0 Å². The summed E-state index contributed by atoms with van der Waals surface area (Å²) in [4.78, 5) is 12.2. The molecule has 0 aliphatic carbocycles. The van der Waals surface area contributed by atoms with Gasteiger partial charge in [-0.2, -0.15) is 0 Å². The van der Waals surface area contributed by atoms with Gasteiger partial charge in [0.1, 0.15) is 0 Å². The zero-order valence-electron chi connectivity index (χ0n) is 15.8. The molecule has 1 amide bonds. The van der Waals surface area contributed by atoms with Gasteiger partial charge in [-0.1, -0.05) is 17.7 Å². The average Bonchev–Trinajstić information content (AvgIpc) is 2.64. The molecular weight excluding hydrogens is 438 g/mol. The van der Waals surface area contributed by atoms with Crippen LogP contribution in [-0.2, 0) is 20.0 Å². The van der Waals surface area contributed by atoms with Gasteiger partial charge in [0.05, 0.1) is 9.79 Å². The molecule has 0 heterocycles. The highest BCUT2D eigenvalue weighted by Gasteiger charge is 2.16. The first-order chi connectivity index (χ1) is 13.5. The highest BCUT2D eigenvalue weighted by Crippen LogP contribution is 2.15. The SMILES string of the molecule is CC(C)NS(=O)(=O)c1ccc(C(=O)NCCNS(=O)(=O)c2cccc(Cl)c2)cc1. The summed E-state index contributed by atoms with van der Waals surface area (Å²) in [5.41, 5.74) is 0.256. The number of sulfonamides is 2. The monoisotopic (exact) mass is 459 g/mol. The first-order valence-electron chi connectivity index (χ1n) is 8.67. The van der Waals surface area contributed by atoms with Crippen molar-refractivity contribution in [3.63, 3.8) is 0 Å².